The van der Waals surface area contributed by atoms with Crippen LogP contribution >= 0.6 is 27.3 Å². The van der Waals surface area contributed by atoms with Gasteiger partial charge in [0.2, 0.25) is 0 Å². The molecule has 0 saturated heterocycles. The maximum Gasteiger partial charge on any atom is 0.409 e. The molecule has 0 saturated carbocycles. The summed E-state index contributed by atoms with van der Waals surface area (Å²) in [4.78, 5) is 15.3. The lowest BCUT2D eigenvalue weighted by Gasteiger charge is -2.04. The molecule has 0 spiro atoms. The molecule has 122 valence electrons. The van der Waals surface area contributed by atoms with Crippen molar-refractivity contribution in [3.63, 3.8) is 0 Å². The summed E-state index contributed by atoms with van der Waals surface area (Å²) in [5, 5.41) is 12.0. The first-order valence-corrected chi connectivity index (χ1v) is 8.67. The number of aromatic nitrogens is 1. The fourth-order valence-electron chi connectivity index (χ4n) is 2.20. The fourth-order valence-corrected chi connectivity index (χ4v) is 3.60. The van der Waals surface area contributed by atoms with Gasteiger partial charge in [0.05, 0.1) is 15.9 Å². The molecule has 4 N–H and O–H groups in total. The van der Waals surface area contributed by atoms with Crippen LogP contribution in [0, 0.1) is 6.92 Å². The number of halogens is 1. The molecular formula is C17H14BrN3O2S. The Hall–Kier alpha value is -2.38. The number of fused-ring (bicyclic) bond motifs is 1. The number of anilines is 2. The van der Waals surface area contributed by atoms with Crippen molar-refractivity contribution in [2.45, 2.75) is 6.92 Å². The predicted molar refractivity (Wildman–Crippen MR) is 103 cm³/mol. The van der Waals surface area contributed by atoms with Crippen molar-refractivity contribution in [3.05, 3.63) is 50.9 Å². The Labute approximate surface area is 151 Å². The van der Waals surface area contributed by atoms with Crippen LogP contribution in [0.4, 0.5) is 16.2 Å². The maximum atomic E-state index is 10.7. The molecule has 3 rings (SSSR count). The molecule has 0 radical (unpaired) electrons. The van der Waals surface area contributed by atoms with Gasteiger partial charge < -0.3 is 10.8 Å². The van der Waals surface area contributed by atoms with E-state index in [1.165, 1.54) is 0 Å². The molecule has 0 unspecified atom stereocenters. The molecule has 0 fully saturated rings. The molecule has 0 aliphatic heterocycles. The van der Waals surface area contributed by atoms with E-state index in [0.29, 0.717) is 10.2 Å². The molecule has 0 aliphatic carbocycles. The Bertz CT molecular complexity index is 927. The molecule has 1 heterocycles. The average Bonchev–Trinajstić information content (AvgIpc) is 2.89. The minimum absolute atomic E-state index is 0.505. The first kappa shape index (κ1) is 16.5. The number of thiazole rings is 1. The van der Waals surface area contributed by atoms with Crippen molar-refractivity contribution in [3.8, 4) is 0 Å². The monoisotopic (exact) mass is 403 g/mol. The number of amides is 1. The van der Waals surface area contributed by atoms with Gasteiger partial charge in [-0.05, 0) is 64.3 Å². The number of carboxylic acid groups (broad SMARTS) is 1. The average molecular weight is 404 g/mol. The largest absolute Gasteiger partial charge is 0.465 e. The first-order chi connectivity index (χ1) is 11.4. The summed E-state index contributed by atoms with van der Waals surface area (Å²) in [5.74, 6) is 0. The van der Waals surface area contributed by atoms with Gasteiger partial charge in [0.1, 0.15) is 5.01 Å². The van der Waals surface area contributed by atoms with Crippen LogP contribution in [0.3, 0.4) is 0 Å². The van der Waals surface area contributed by atoms with Crippen molar-refractivity contribution in [1.29, 1.82) is 0 Å². The van der Waals surface area contributed by atoms with Crippen molar-refractivity contribution < 1.29 is 9.90 Å². The van der Waals surface area contributed by atoms with Crippen LogP contribution < -0.4 is 11.1 Å². The number of nitrogen functional groups attached to an aromatic ring is 1. The van der Waals surface area contributed by atoms with Crippen LogP contribution in [0.2, 0.25) is 0 Å². The second-order valence-corrected chi connectivity index (χ2v) is 7.15. The van der Waals surface area contributed by atoms with Gasteiger partial charge in [-0.2, -0.15) is 0 Å². The molecule has 0 bridgehead atoms. The Balaban J connectivity index is 1.85. The Morgan fingerprint density at radius 2 is 2.12 bits per heavy atom. The zero-order valence-corrected chi connectivity index (χ0v) is 15.1. The van der Waals surface area contributed by atoms with Crippen LogP contribution in [-0.2, 0) is 0 Å². The fraction of sp³-hybridized carbons (Fsp3) is 0.0588. The summed E-state index contributed by atoms with van der Waals surface area (Å²) in [5.41, 5.74) is 10.1. The van der Waals surface area contributed by atoms with Gasteiger partial charge in [-0.3, -0.25) is 5.32 Å². The number of rotatable bonds is 3. The number of hydrogen-bond donors (Lipinski definition) is 3. The third-order valence-corrected chi connectivity index (χ3v) is 5.09. The second kappa shape index (κ2) is 6.62. The number of nitrogens with two attached hydrogens (primary N) is 1. The number of carbonyl (C=O) groups is 1. The van der Waals surface area contributed by atoms with E-state index in [-0.39, 0.29) is 0 Å². The smallest absolute Gasteiger partial charge is 0.409 e. The lowest BCUT2D eigenvalue weighted by Crippen LogP contribution is -2.07. The Morgan fingerprint density at radius 1 is 1.33 bits per heavy atom. The van der Waals surface area contributed by atoms with Gasteiger partial charge in [0, 0.05) is 10.2 Å². The van der Waals surface area contributed by atoms with E-state index < -0.39 is 6.09 Å². The molecule has 0 atom stereocenters. The van der Waals surface area contributed by atoms with Gasteiger partial charge >= 0.3 is 6.09 Å². The van der Waals surface area contributed by atoms with Gasteiger partial charge in [-0.15, -0.1) is 11.3 Å². The summed E-state index contributed by atoms with van der Waals surface area (Å²) < 4.78 is 1.74. The van der Waals surface area contributed by atoms with Crippen LogP contribution in [-0.4, -0.2) is 16.2 Å². The van der Waals surface area contributed by atoms with Crippen LogP contribution in [0.5, 0.6) is 0 Å². The first-order valence-electron chi connectivity index (χ1n) is 7.06. The molecule has 7 heteroatoms. The number of nitrogens with one attached hydrogen (secondary N) is 1. The SMILES string of the molecule is Cc1cc2nc(C=Cc3ccc(NC(=O)O)c(Br)c3)sc2cc1N. The van der Waals surface area contributed by atoms with Crippen molar-refractivity contribution >= 4 is 67.1 Å². The summed E-state index contributed by atoms with van der Waals surface area (Å²) in [6.45, 7) is 1.97. The highest BCUT2D eigenvalue weighted by molar-refractivity contribution is 9.10. The van der Waals surface area contributed by atoms with Crippen molar-refractivity contribution in [2.24, 2.45) is 0 Å². The molecule has 1 amide bonds. The van der Waals surface area contributed by atoms with Gasteiger partial charge in [0.25, 0.3) is 0 Å². The zero-order valence-electron chi connectivity index (χ0n) is 12.7. The normalized spacial score (nSPS) is 11.2. The lowest BCUT2D eigenvalue weighted by atomic mass is 10.2. The zero-order chi connectivity index (χ0) is 17.3. The highest BCUT2D eigenvalue weighted by Gasteiger charge is 2.05. The Kier molecular flexibility index (Phi) is 4.55. The minimum Gasteiger partial charge on any atom is -0.465 e. The highest BCUT2D eigenvalue weighted by Crippen LogP contribution is 2.28. The maximum absolute atomic E-state index is 10.7. The topological polar surface area (TPSA) is 88.2 Å². The summed E-state index contributed by atoms with van der Waals surface area (Å²) in [6, 6.07) is 9.32. The van der Waals surface area contributed by atoms with Gasteiger partial charge in [0.15, 0.2) is 0 Å². The Morgan fingerprint density at radius 3 is 2.83 bits per heavy atom. The molecule has 5 nitrogen and oxygen atoms in total. The molecule has 2 aromatic carbocycles. The number of benzene rings is 2. The molecule has 1 aromatic heterocycles. The van der Waals surface area contributed by atoms with Crippen molar-refractivity contribution in [2.75, 3.05) is 11.1 Å². The quantitative estimate of drug-likeness (QED) is 0.523. The van der Waals surface area contributed by atoms with E-state index in [9.17, 15) is 4.79 Å². The molecular weight excluding hydrogens is 390 g/mol. The number of nitrogens with zero attached hydrogens (tertiary/aromatic N) is 1. The number of aryl methyl sites for hydroxylation is 1. The van der Waals surface area contributed by atoms with E-state index in [0.717, 1.165) is 32.0 Å². The van der Waals surface area contributed by atoms with Crippen LogP contribution in [0.1, 0.15) is 16.1 Å². The van der Waals surface area contributed by atoms with E-state index >= 15 is 0 Å². The summed E-state index contributed by atoms with van der Waals surface area (Å²) in [6.07, 6.45) is 2.77. The van der Waals surface area contributed by atoms with E-state index in [4.69, 9.17) is 10.8 Å². The van der Waals surface area contributed by atoms with E-state index in [1.54, 1.807) is 17.4 Å². The molecule has 0 aliphatic rings. The van der Waals surface area contributed by atoms with E-state index in [2.05, 4.69) is 26.2 Å². The van der Waals surface area contributed by atoms with Crippen LogP contribution in [0.15, 0.2) is 34.8 Å². The summed E-state index contributed by atoms with van der Waals surface area (Å²) in [7, 11) is 0. The van der Waals surface area contributed by atoms with Crippen molar-refractivity contribution in [1.82, 2.24) is 4.98 Å². The van der Waals surface area contributed by atoms with E-state index in [1.807, 2.05) is 43.3 Å². The number of hydrogen-bond acceptors (Lipinski definition) is 4. The highest BCUT2D eigenvalue weighted by atomic mass is 79.9. The predicted octanol–water partition coefficient (Wildman–Crippen LogP) is 5.21. The minimum atomic E-state index is -1.09. The standard InChI is InChI=1S/C17H14BrN3O2S/c1-9-6-14-15(8-12(9)19)24-16(20-14)5-3-10-2-4-13(11(18)7-10)21-17(22)23/h2-8,21H,19H2,1H3,(H,22,23). The molecule has 3 aromatic rings. The third-order valence-electron chi connectivity index (χ3n) is 3.45. The molecule has 24 heavy (non-hydrogen) atoms. The van der Waals surface area contributed by atoms with Crippen LogP contribution in [0.25, 0.3) is 22.4 Å². The van der Waals surface area contributed by atoms with Gasteiger partial charge in [-0.25, -0.2) is 9.78 Å². The van der Waals surface area contributed by atoms with Gasteiger partial charge in [-0.1, -0.05) is 12.1 Å². The third kappa shape index (κ3) is 3.58. The second-order valence-electron chi connectivity index (χ2n) is 5.23. The summed E-state index contributed by atoms with van der Waals surface area (Å²) >= 11 is 4.93. The lowest BCUT2D eigenvalue weighted by molar-refractivity contribution is 0.209.